The highest BCUT2D eigenvalue weighted by Crippen LogP contribution is 2.51. The van der Waals surface area contributed by atoms with Gasteiger partial charge in [-0.1, -0.05) is 61.5 Å². The van der Waals surface area contributed by atoms with Crippen LogP contribution in [0, 0.1) is 22.2 Å². The summed E-state index contributed by atoms with van der Waals surface area (Å²) in [6, 6.07) is 0. The first-order valence-corrected chi connectivity index (χ1v) is 5.60. The van der Waals surface area contributed by atoms with Crippen molar-refractivity contribution in [2.75, 3.05) is 0 Å². The van der Waals surface area contributed by atoms with Gasteiger partial charge in [-0.2, -0.15) is 0 Å². The molecule has 0 rings (SSSR count). The van der Waals surface area contributed by atoms with Gasteiger partial charge in [0.2, 0.25) is 0 Å². The van der Waals surface area contributed by atoms with Crippen molar-refractivity contribution in [3.05, 3.63) is 12.7 Å². The van der Waals surface area contributed by atoms with E-state index < -0.39 is 0 Å². The fourth-order valence-electron chi connectivity index (χ4n) is 2.03. The Morgan fingerprint density at radius 2 is 1.29 bits per heavy atom. The molecule has 2 unspecified atom stereocenters. The summed E-state index contributed by atoms with van der Waals surface area (Å²) in [4.78, 5) is 0. The SMILES string of the molecule is C=CC(C)(C(C)C(C)(C)C)C(C)(C)C. The third-order valence-electron chi connectivity index (χ3n) is 4.24. The molecule has 0 N–H and O–H groups in total. The zero-order valence-corrected chi connectivity index (χ0v) is 11.4. The molecule has 0 aromatic carbocycles. The smallest absolute Gasteiger partial charge is 0.00701 e. The molecule has 0 saturated heterocycles. The van der Waals surface area contributed by atoms with Gasteiger partial charge in [0.15, 0.2) is 0 Å². The molecule has 0 aromatic heterocycles. The zero-order valence-electron chi connectivity index (χ0n) is 11.4. The fraction of sp³-hybridized carbons (Fsp3) is 0.857. The van der Waals surface area contributed by atoms with Crippen molar-refractivity contribution in [1.29, 1.82) is 0 Å². The van der Waals surface area contributed by atoms with Crippen LogP contribution in [0.1, 0.15) is 55.4 Å². The van der Waals surface area contributed by atoms with Gasteiger partial charge in [0, 0.05) is 0 Å². The molecule has 14 heavy (non-hydrogen) atoms. The van der Waals surface area contributed by atoms with Crippen molar-refractivity contribution in [3.63, 3.8) is 0 Å². The van der Waals surface area contributed by atoms with E-state index in [0.29, 0.717) is 11.3 Å². The van der Waals surface area contributed by atoms with E-state index >= 15 is 0 Å². The molecule has 0 nitrogen and oxygen atoms in total. The summed E-state index contributed by atoms with van der Waals surface area (Å²) in [6.45, 7) is 22.5. The Bertz CT molecular complexity index is 199. The second kappa shape index (κ2) is 3.72. The average Bonchev–Trinajstić information content (AvgIpc) is 1.97. The number of hydrogen-bond acceptors (Lipinski definition) is 0. The Kier molecular flexibility index (Phi) is 3.65. The number of allylic oxidation sites excluding steroid dienone is 1. The molecule has 0 bridgehead atoms. The zero-order chi connectivity index (χ0) is 11.8. The van der Waals surface area contributed by atoms with Crippen molar-refractivity contribution in [2.24, 2.45) is 22.2 Å². The maximum absolute atomic E-state index is 4.03. The van der Waals surface area contributed by atoms with Crippen molar-refractivity contribution in [1.82, 2.24) is 0 Å². The van der Waals surface area contributed by atoms with Gasteiger partial charge in [0.05, 0.1) is 0 Å². The molecule has 0 spiro atoms. The van der Waals surface area contributed by atoms with Crippen LogP contribution in [0.5, 0.6) is 0 Å². The lowest BCUT2D eigenvalue weighted by atomic mass is 9.55. The summed E-state index contributed by atoms with van der Waals surface area (Å²) in [6.07, 6.45) is 2.14. The first-order valence-electron chi connectivity index (χ1n) is 5.60. The molecular formula is C14H28. The van der Waals surface area contributed by atoms with Crippen LogP contribution in [0.4, 0.5) is 0 Å². The summed E-state index contributed by atoms with van der Waals surface area (Å²) in [5.74, 6) is 0.618. The first kappa shape index (κ1) is 13.7. The molecule has 0 aliphatic heterocycles. The van der Waals surface area contributed by atoms with E-state index in [0.717, 1.165) is 0 Å². The van der Waals surface area contributed by atoms with E-state index in [4.69, 9.17) is 0 Å². The van der Waals surface area contributed by atoms with Gasteiger partial charge in [0.1, 0.15) is 0 Å². The second-order valence-electron chi connectivity index (χ2n) is 6.82. The molecule has 0 radical (unpaired) electrons. The molecule has 2 atom stereocenters. The average molecular weight is 196 g/mol. The summed E-state index contributed by atoms with van der Waals surface area (Å²) in [7, 11) is 0. The van der Waals surface area contributed by atoms with Gasteiger partial charge in [-0.15, -0.1) is 6.58 Å². The van der Waals surface area contributed by atoms with Crippen molar-refractivity contribution in [2.45, 2.75) is 55.4 Å². The normalized spacial score (nSPS) is 20.0. The highest BCUT2D eigenvalue weighted by atomic mass is 14.5. The quantitative estimate of drug-likeness (QED) is 0.551. The highest BCUT2D eigenvalue weighted by Gasteiger charge is 2.43. The maximum Gasteiger partial charge on any atom is -0.00701 e. The predicted octanol–water partition coefficient (Wildman–Crippen LogP) is 4.91. The monoisotopic (exact) mass is 196 g/mol. The summed E-state index contributed by atoms with van der Waals surface area (Å²) in [5, 5.41) is 0. The minimum atomic E-state index is 0.186. The van der Waals surface area contributed by atoms with Gasteiger partial charge in [-0.3, -0.25) is 0 Å². The maximum atomic E-state index is 4.03. The van der Waals surface area contributed by atoms with Gasteiger partial charge in [-0.25, -0.2) is 0 Å². The third kappa shape index (κ3) is 2.40. The van der Waals surface area contributed by atoms with Crippen LogP contribution in [-0.2, 0) is 0 Å². The Labute approximate surface area is 90.8 Å². The lowest BCUT2D eigenvalue weighted by Crippen LogP contribution is -2.42. The minimum absolute atomic E-state index is 0.186. The van der Waals surface area contributed by atoms with Gasteiger partial charge in [0.25, 0.3) is 0 Å². The summed E-state index contributed by atoms with van der Waals surface area (Å²) in [5.41, 5.74) is 0.781. The largest absolute Gasteiger partial charge is 0.103 e. The minimum Gasteiger partial charge on any atom is -0.103 e. The van der Waals surface area contributed by atoms with Crippen LogP contribution in [0.25, 0.3) is 0 Å². The van der Waals surface area contributed by atoms with E-state index in [1.807, 2.05) is 0 Å². The lowest BCUT2D eigenvalue weighted by Gasteiger charge is -2.49. The van der Waals surface area contributed by atoms with E-state index in [1.165, 1.54) is 0 Å². The summed E-state index contributed by atoms with van der Waals surface area (Å²) >= 11 is 0. The predicted molar refractivity (Wildman–Crippen MR) is 66.4 cm³/mol. The van der Waals surface area contributed by atoms with Crippen molar-refractivity contribution < 1.29 is 0 Å². The molecule has 0 heteroatoms. The van der Waals surface area contributed by atoms with E-state index in [9.17, 15) is 0 Å². The Morgan fingerprint density at radius 3 is 1.36 bits per heavy atom. The topological polar surface area (TPSA) is 0 Å². The Morgan fingerprint density at radius 1 is 0.929 bits per heavy atom. The van der Waals surface area contributed by atoms with Crippen molar-refractivity contribution >= 4 is 0 Å². The van der Waals surface area contributed by atoms with Crippen LogP contribution < -0.4 is 0 Å². The van der Waals surface area contributed by atoms with Gasteiger partial charge in [-0.05, 0) is 22.2 Å². The molecule has 0 fully saturated rings. The molecule has 0 aromatic rings. The Hall–Kier alpha value is -0.260. The van der Waals surface area contributed by atoms with Crippen molar-refractivity contribution in [3.8, 4) is 0 Å². The molecule has 0 aliphatic carbocycles. The van der Waals surface area contributed by atoms with Crippen LogP contribution in [0.15, 0.2) is 12.7 Å². The van der Waals surface area contributed by atoms with E-state index in [-0.39, 0.29) is 10.8 Å². The first-order chi connectivity index (χ1) is 5.97. The van der Waals surface area contributed by atoms with E-state index in [1.54, 1.807) is 0 Å². The van der Waals surface area contributed by atoms with Gasteiger partial charge >= 0.3 is 0 Å². The molecular weight excluding hydrogens is 168 g/mol. The molecule has 0 aliphatic rings. The molecule has 84 valence electrons. The molecule has 0 heterocycles. The number of hydrogen-bond donors (Lipinski definition) is 0. The number of rotatable bonds is 2. The Balaban J connectivity index is 5.17. The second-order valence-corrected chi connectivity index (χ2v) is 6.82. The van der Waals surface area contributed by atoms with Gasteiger partial charge < -0.3 is 0 Å². The molecule has 0 saturated carbocycles. The standard InChI is InChI=1S/C14H28/c1-10-14(9,13(6,7)8)11(2)12(3,4)5/h10-11H,1H2,2-9H3. The molecule has 0 amide bonds. The third-order valence-corrected chi connectivity index (χ3v) is 4.24. The highest BCUT2D eigenvalue weighted by molar-refractivity contribution is 5.04. The van der Waals surface area contributed by atoms with Crippen LogP contribution in [0.3, 0.4) is 0 Å². The van der Waals surface area contributed by atoms with Crippen LogP contribution in [0.2, 0.25) is 0 Å². The lowest BCUT2D eigenvalue weighted by molar-refractivity contribution is 0.0303. The fourth-order valence-corrected chi connectivity index (χ4v) is 2.03. The summed E-state index contributed by atoms with van der Waals surface area (Å²) < 4.78 is 0. The van der Waals surface area contributed by atoms with Crippen LogP contribution >= 0.6 is 0 Å². The van der Waals surface area contributed by atoms with E-state index in [2.05, 4.69) is 68.0 Å². The van der Waals surface area contributed by atoms with Crippen LogP contribution in [-0.4, -0.2) is 0 Å².